The van der Waals surface area contributed by atoms with Crippen LogP contribution < -0.4 is 5.32 Å². The molecule has 0 aromatic heterocycles. The summed E-state index contributed by atoms with van der Waals surface area (Å²) >= 11 is 0. The lowest BCUT2D eigenvalue weighted by atomic mass is 9.85. The van der Waals surface area contributed by atoms with Gasteiger partial charge in [-0.2, -0.15) is 0 Å². The van der Waals surface area contributed by atoms with E-state index in [0.29, 0.717) is 13.2 Å². The molecule has 16 heavy (non-hydrogen) atoms. The summed E-state index contributed by atoms with van der Waals surface area (Å²) in [5.74, 6) is 0. The first kappa shape index (κ1) is 14.5. The van der Waals surface area contributed by atoms with Gasteiger partial charge in [-0.15, -0.1) is 12.4 Å². The van der Waals surface area contributed by atoms with Gasteiger partial charge in [0.25, 0.3) is 0 Å². The van der Waals surface area contributed by atoms with Crippen LogP contribution in [0.25, 0.3) is 0 Å². The zero-order valence-electron chi connectivity index (χ0n) is 9.65. The minimum Gasteiger partial charge on any atom is -0.324 e. The quantitative estimate of drug-likeness (QED) is 0.771. The maximum Gasteiger partial charge on any atom is 0.333 e. The number of rotatable bonds is 3. The summed E-state index contributed by atoms with van der Waals surface area (Å²) < 4.78 is 17.1. The van der Waals surface area contributed by atoms with Crippen LogP contribution in [0, 0.1) is 5.41 Å². The maximum atomic E-state index is 12.1. The van der Waals surface area contributed by atoms with Crippen molar-refractivity contribution in [3.05, 3.63) is 0 Å². The van der Waals surface area contributed by atoms with Crippen molar-refractivity contribution in [1.29, 1.82) is 0 Å². The van der Waals surface area contributed by atoms with Gasteiger partial charge in [0.2, 0.25) is 0 Å². The lowest BCUT2D eigenvalue weighted by Gasteiger charge is -2.32. The molecule has 0 aromatic carbocycles. The molecule has 0 bridgehead atoms. The fourth-order valence-electron chi connectivity index (χ4n) is 3.12. The molecule has 1 saturated carbocycles. The van der Waals surface area contributed by atoms with E-state index in [1.165, 1.54) is 12.8 Å². The molecular weight excluding hydrogens is 249 g/mol. The zero-order valence-corrected chi connectivity index (χ0v) is 11.4. The molecule has 0 amide bonds. The lowest BCUT2D eigenvalue weighted by Crippen LogP contribution is -2.31. The summed E-state index contributed by atoms with van der Waals surface area (Å²) in [6.45, 7) is 3.61. The van der Waals surface area contributed by atoms with Crippen LogP contribution in [0.2, 0.25) is 0 Å². The van der Waals surface area contributed by atoms with Gasteiger partial charge in [0.1, 0.15) is 0 Å². The van der Waals surface area contributed by atoms with E-state index in [2.05, 4.69) is 5.32 Å². The summed E-state index contributed by atoms with van der Waals surface area (Å²) in [5.41, 5.74) is -0.146. The summed E-state index contributed by atoms with van der Waals surface area (Å²) in [6.07, 6.45) is 4.51. The molecule has 1 saturated heterocycles. The zero-order chi connectivity index (χ0) is 10.9. The molecule has 2 N–H and O–H groups in total. The van der Waals surface area contributed by atoms with Crippen molar-refractivity contribution in [2.24, 2.45) is 5.41 Å². The van der Waals surface area contributed by atoms with Crippen molar-refractivity contribution in [2.75, 3.05) is 19.7 Å². The van der Waals surface area contributed by atoms with Gasteiger partial charge in [-0.1, -0.05) is 12.8 Å². The highest BCUT2D eigenvalue weighted by Gasteiger charge is 2.53. The average molecular weight is 270 g/mol. The van der Waals surface area contributed by atoms with E-state index in [1.54, 1.807) is 6.92 Å². The minimum absolute atomic E-state index is 0. The molecule has 0 aromatic rings. The average Bonchev–Trinajstić information content (AvgIpc) is 2.77. The van der Waals surface area contributed by atoms with Crippen molar-refractivity contribution < 1.29 is 14.0 Å². The Balaban J connectivity index is 0.00000128. The van der Waals surface area contributed by atoms with Crippen molar-refractivity contribution in [1.82, 2.24) is 5.32 Å². The predicted molar refractivity (Wildman–Crippen MR) is 66.3 cm³/mol. The molecule has 1 heterocycles. The van der Waals surface area contributed by atoms with Gasteiger partial charge in [0.15, 0.2) is 0 Å². The van der Waals surface area contributed by atoms with Crippen LogP contribution >= 0.6 is 20.0 Å². The molecular formula is C10H21ClNO3P. The normalized spacial score (nSPS) is 31.2. The van der Waals surface area contributed by atoms with Gasteiger partial charge in [0, 0.05) is 13.1 Å². The van der Waals surface area contributed by atoms with E-state index in [1.807, 2.05) is 0 Å². The molecule has 2 atom stereocenters. The fraction of sp³-hybridized carbons (Fsp3) is 1.00. The van der Waals surface area contributed by atoms with E-state index >= 15 is 0 Å². The third-order valence-corrected chi connectivity index (χ3v) is 5.98. The summed E-state index contributed by atoms with van der Waals surface area (Å²) in [4.78, 5) is 9.93. The first-order chi connectivity index (χ1) is 7.11. The minimum atomic E-state index is -3.42. The van der Waals surface area contributed by atoms with E-state index < -0.39 is 7.60 Å². The van der Waals surface area contributed by atoms with Gasteiger partial charge < -0.3 is 14.7 Å². The molecule has 1 aliphatic heterocycles. The third-order valence-electron chi connectivity index (χ3n) is 3.83. The molecule has 2 unspecified atom stereocenters. The van der Waals surface area contributed by atoms with Crippen molar-refractivity contribution in [2.45, 2.75) is 38.3 Å². The van der Waals surface area contributed by atoms with Gasteiger partial charge in [-0.3, -0.25) is 4.57 Å². The highest BCUT2D eigenvalue weighted by molar-refractivity contribution is 7.53. The Bertz CT molecular complexity index is 276. The number of nitrogens with one attached hydrogen (secondary N) is 1. The maximum absolute atomic E-state index is 12.1. The van der Waals surface area contributed by atoms with Crippen LogP contribution in [0.1, 0.15) is 32.6 Å². The second-order valence-electron chi connectivity index (χ2n) is 4.70. The highest BCUT2D eigenvalue weighted by atomic mass is 35.5. The predicted octanol–water partition coefficient (Wildman–Crippen LogP) is 2.16. The van der Waals surface area contributed by atoms with Crippen LogP contribution in [-0.2, 0) is 9.09 Å². The molecule has 0 radical (unpaired) electrons. The number of hydrogen-bond acceptors (Lipinski definition) is 3. The molecule has 4 nitrogen and oxygen atoms in total. The molecule has 96 valence electrons. The lowest BCUT2D eigenvalue weighted by molar-refractivity contribution is 0.233. The molecule has 1 aliphatic carbocycles. The van der Waals surface area contributed by atoms with Crippen molar-refractivity contribution in [3.63, 3.8) is 0 Å². The monoisotopic (exact) mass is 269 g/mol. The van der Waals surface area contributed by atoms with Crippen LogP contribution in [0.3, 0.4) is 0 Å². The first-order valence-corrected chi connectivity index (χ1v) is 7.43. The van der Waals surface area contributed by atoms with Crippen LogP contribution in [0.5, 0.6) is 0 Å². The van der Waals surface area contributed by atoms with E-state index in [4.69, 9.17) is 4.52 Å². The summed E-state index contributed by atoms with van der Waals surface area (Å²) in [7, 11) is -3.42. The highest BCUT2D eigenvalue weighted by Crippen LogP contribution is 2.60. The van der Waals surface area contributed by atoms with Crippen molar-refractivity contribution >= 4 is 20.0 Å². The Labute approximate surface area is 103 Å². The van der Waals surface area contributed by atoms with E-state index in [0.717, 1.165) is 19.4 Å². The van der Waals surface area contributed by atoms with Gasteiger partial charge in [-0.05, 0) is 25.2 Å². The van der Waals surface area contributed by atoms with Crippen LogP contribution in [0.4, 0.5) is 0 Å². The Hall–Kier alpha value is 0.400. The standard InChI is InChI=1S/C10H20NO3P.ClH/c1-2-14-15(12,13)9-7-11-8-10(9)5-3-4-6-10;/h9,11H,2-8H2,1H3,(H,12,13);1H. The van der Waals surface area contributed by atoms with Gasteiger partial charge in [0.05, 0.1) is 12.3 Å². The second-order valence-corrected chi connectivity index (χ2v) is 6.71. The van der Waals surface area contributed by atoms with E-state index in [9.17, 15) is 9.46 Å². The molecule has 2 rings (SSSR count). The topological polar surface area (TPSA) is 58.6 Å². The van der Waals surface area contributed by atoms with Crippen LogP contribution in [-0.4, -0.2) is 30.2 Å². The summed E-state index contributed by atoms with van der Waals surface area (Å²) in [5, 5.41) is 3.26. The Kier molecular flexibility index (Phi) is 4.85. The van der Waals surface area contributed by atoms with E-state index in [-0.39, 0.29) is 23.5 Å². The van der Waals surface area contributed by atoms with Crippen molar-refractivity contribution in [3.8, 4) is 0 Å². The number of halogens is 1. The smallest absolute Gasteiger partial charge is 0.324 e. The van der Waals surface area contributed by atoms with Gasteiger partial charge >= 0.3 is 7.60 Å². The first-order valence-electron chi connectivity index (χ1n) is 5.78. The molecule has 2 fully saturated rings. The Morgan fingerprint density at radius 2 is 2.12 bits per heavy atom. The number of hydrogen-bond donors (Lipinski definition) is 2. The molecule has 1 spiro atoms. The molecule has 2 aliphatic rings. The second kappa shape index (κ2) is 5.36. The Morgan fingerprint density at radius 3 is 2.69 bits per heavy atom. The fourth-order valence-corrected chi connectivity index (χ4v) is 5.07. The summed E-state index contributed by atoms with van der Waals surface area (Å²) in [6, 6.07) is 0. The Morgan fingerprint density at radius 1 is 1.50 bits per heavy atom. The molecule has 6 heteroatoms. The third kappa shape index (κ3) is 2.46. The van der Waals surface area contributed by atoms with Gasteiger partial charge in [-0.25, -0.2) is 0 Å². The SMILES string of the molecule is CCOP(=O)(O)C1CNCC12CCCC2.Cl. The largest absolute Gasteiger partial charge is 0.333 e. The van der Waals surface area contributed by atoms with Crippen LogP contribution in [0.15, 0.2) is 0 Å².